The lowest BCUT2D eigenvalue weighted by molar-refractivity contribution is -0.159. The van der Waals surface area contributed by atoms with Crippen LogP contribution in [0.5, 0.6) is 0 Å². The second-order valence-corrected chi connectivity index (χ2v) is 10.5. The summed E-state index contributed by atoms with van der Waals surface area (Å²) >= 11 is 4.61. The van der Waals surface area contributed by atoms with Crippen molar-refractivity contribution in [3.63, 3.8) is 0 Å². The zero-order chi connectivity index (χ0) is 25.3. The molecule has 32 heavy (non-hydrogen) atoms. The molecule has 0 fully saturated rings. The number of hydrogen-bond donors (Lipinski definition) is 4. The molecule has 9 nitrogen and oxygen atoms in total. The van der Waals surface area contributed by atoms with Gasteiger partial charge in [-0.3, -0.25) is 24.1 Å². The Morgan fingerprint density at radius 1 is 1.06 bits per heavy atom. The van der Waals surface area contributed by atoms with Crippen molar-refractivity contribution in [1.29, 1.82) is 0 Å². The summed E-state index contributed by atoms with van der Waals surface area (Å²) in [6.45, 7) is 9.81. The highest BCUT2D eigenvalue weighted by molar-refractivity contribution is 7.82. The van der Waals surface area contributed by atoms with Crippen LogP contribution in [-0.4, -0.2) is 78.6 Å². The summed E-state index contributed by atoms with van der Waals surface area (Å²) in [4.78, 5) is 52.2. The average molecular weight is 474 g/mol. The molecule has 0 aromatic carbocycles. The van der Waals surface area contributed by atoms with E-state index in [9.17, 15) is 19.2 Å². The van der Waals surface area contributed by atoms with Crippen LogP contribution < -0.4 is 16.4 Å². The summed E-state index contributed by atoms with van der Waals surface area (Å²) in [6, 6.07) is -0.928. The summed E-state index contributed by atoms with van der Waals surface area (Å²) < 4.78 is 0. The molecule has 0 aromatic rings. The van der Waals surface area contributed by atoms with Gasteiger partial charge < -0.3 is 21.3 Å². The molecule has 0 aliphatic carbocycles. The number of hydrogen-bond acceptors (Lipinski definition) is 7. The summed E-state index contributed by atoms with van der Waals surface area (Å²) in [7, 11) is 5.05. The minimum Gasteiger partial charge on any atom is -0.356 e. The predicted octanol–water partition coefficient (Wildman–Crippen LogP) is 0.981. The summed E-state index contributed by atoms with van der Waals surface area (Å²) in [6.07, 6.45) is 1.40. The standard InChI is InChI=1S/C22H43N5O4S/c1-15(2)13-16(23)19(30)27(22(32,20(31)24-6)21(3,4)5)18(29)11-9-10-12-25-17(28)14-26(7)8/h15-16,32H,9-14,23H2,1-8H3,(H,24,31)(H,25,28)/t16-,22-/m0/s1. The van der Waals surface area contributed by atoms with Gasteiger partial charge in [0.15, 0.2) is 4.87 Å². The first kappa shape index (κ1) is 30.4. The molecular formula is C22H43N5O4S. The van der Waals surface area contributed by atoms with E-state index >= 15 is 0 Å². The molecule has 186 valence electrons. The maximum Gasteiger partial charge on any atom is 0.257 e. The Bertz CT molecular complexity index is 663. The van der Waals surface area contributed by atoms with Crippen LogP contribution in [-0.2, 0) is 19.2 Å². The Kier molecular flexibility index (Phi) is 12.5. The molecule has 0 heterocycles. The van der Waals surface area contributed by atoms with E-state index < -0.39 is 34.0 Å². The number of imide groups is 1. The Labute approximate surface area is 198 Å². The van der Waals surface area contributed by atoms with E-state index in [0.717, 1.165) is 4.90 Å². The van der Waals surface area contributed by atoms with Gasteiger partial charge >= 0.3 is 0 Å². The molecule has 0 radical (unpaired) electrons. The van der Waals surface area contributed by atoms with Crippen LogP contribution in [0.3, 0.4) is 0 Å². The van der Waals surface area contributed by atoms with E-state index in [-0.39, 0.29) is 24.8 Å². The van der Waals surface area contributed by atoms with Crippen LogP contribution in [0, 0.1) is 11.3 Å². The van der Waals surface area contributed by atoms with Crippen LogP contribution in [0.25, 0.3) is 0 Å². The van der Waals surface area contributed by atoms with Crippen molar-refractivity contribution in [1.82, 2.24) is 20.4 Å². The van der Waals surface area contributed by atoms with E-state index in [1.165, 1.54) is 7.05 Å². The van der Waals surface area contributed by atoms with Crippen molar-refractivity contribution in [2.75, 3.05) is 34.2 Å². The quantitative estimate of drug-likeness (QED) is 0.190. The van der Waals surface area contributed by atoms with Gasteiger partial charge in [0.1, 0.15) is 0 Å². The van der Waals surface area contributed by atoms with Crippen LogP contribution in [0.1, 0.15) is 60.3 Å². The number of nitrogens with zero attached hydrogens (tertiary/aromatic N) is 2. The monoisotopic (exact) mass is 473 g/mol. The molecule has 0 saturated carbocycles. The second kappa shape index (κ2) is 13.2. The van der Waals surface area contributed by atoms with Crippen molar-refractivity contribution < 1.29 is 19.2 Å². The van der Waals surface area contributed by atoms with Crippen molar-refractivity contribution in [2.24, 2.45) is 17.1 Å². The Morgan fingerprint density at radius 2 is 1.62 bits per heavy atom. The highest BCUT2D eigenvalue weighted by Crippen LogP contribution is 2.40. The minimum absolute atomic E-state index is 0.0269. The van der Waals surface area contributed by atoms with Gasteiger partial charge in [0.2, 0.25) is 17.7 Å². The van der Waals surface area contributed by atoms with Crippen molar-refractivity contribution in [3.8, 4) is 0 Å². The van der Waals surface area contributed by atoms with Gasteiger partial charge in [0.05, 0.1) is 12.6 Å². The third-order valence-corrected chi connectivity index (χ3v) is 6.10. The third-order valence-electron chi connectivity index (χ3n) is 5.02. The first-order chi connectivity index (χ1) is 14.6. The van der Waals surface area contributed by atoms with Crippen LogP contribution in [0.4, 0.5) is 0 Å². The fraction of sp³-hybridized carbons (Fsp3) is 0.818. The first-order valence-electron chi connectivity index (χ1n) is 11.1. The molecule has 10 heteroatoms. The van der Waals surface area contributed by atoms with Gasteiger partial charge in [-0.25, -0.2) is 0 Å². The molecule has 2 atom stereocenters. The van der Waals surface area contributed by atoms with Crippen LogP contribution in [0.2, 0.25) is 0 Å². The number of unbranched alkanes of at least 4 members (excludes halogenated alkanes) is 1. The van der Waals surface area contributed by atoms with Gasteiger partial charge in [0.25, 0.3) is 5.91 Å². The highest BCUT2D eigenvalue weighted by Gasteiger charge is 2.54. The lowest BCUT2D eigenvalue weighted by Gasteiger charge is -2.46. The Balaban J connectivity index is 5.57. The highest BCUT2D eigenvalue weighted by atomic mass is 32.1. The fourth-order valence-corrected chi connectivity index (χ4v) is 3.60. The average Bonchev–Trinajstić information content (AvgIpc) is 2.64. The van der Waals surface area contributed by atoms with Crippen LogP contribution >= 0.6 is 12.6 Å². The largest absolute Gasteiger partial charge is 0.356 e. The van der Waals surface area contributed by atoms with Gasteiger partial charge in [-0.15, -0.1) is 12.6 Å². The van der Waals surface area contributed by atoms with Crippen molar-refractivity contribution >= 4 is 36.3 Å². The van der Waals surface area contributed by atoms with E-state index in [2.05, 4.69) is 23.3 Å². The third kappa shape index (κ3) is 8.71. The van der Waals surface area contributed by atoms with Gasteiger partial charge in [-0.2, -0.15) is 0 Å². The lowest BCUT2D eigenvalue weighted by atomic mass is 9.83. The van der Waals surface area contributed by atoms with E-state index in [1.54, 1.807) is 39.8 Å². The molecule has 4 amide bonds. The van der Waals surface area contributed by atoms with Gasteiger partial charge in [-0.05, 0) is 39.3 Å². The number of carbonyl (C=O) groups excluding carboxylic acids is 4. The molecular weight excluding hydrogens is 430 g/mol. The molecule has 0 aliphatic heterocycles. The molecule has 0 rings (SSSR count). The maximum absolute atomic E-state index is 13.3. The Hall–Kier alpha value is -1.65. The zero-order valence-electron chi connectivity index (χ0n) is 20.9. The summed E-state index contributed by atoms with van der Waals surface area (Å²) in [5.74, 6) is -1.64. The predicted molar refractivity (Wildman–Crippen MR) is 130 cm³/mol. The number of nitrogens with one attached hydrogen (secondary N) is 2. The van der Waals surface area contributed by atoms with Gasteiger partial charge in [-0.1, -0.05) is 34.6 Å². The second-order valence-electron chi connectivity index (χ2n) is 9.85. The van der Waals surface area contributed by atoms with Crippen molar-refractivity contribution in [3.05, 3.63) is 0 Å². The van der Waals surface area contributed by atoms with Crippen LogP contribution in [0.15, 0.2) is 0 Å². The number of rotatable bonds is 12. The molecule has 4 N–H and O–H groups in total. The fourth-order valence-electron chi connectivity index (χ4n) is 3.27. The summed E-state index contributed by atoms with van der Waals surface area (Å²) in [5, 5.41) is 5.32. The number of likely N-dealkylation sites (N-methyl/N-ethyl adjacent to an activating group) is 2. The van der Waals surface area contributed by atoms with Gasteiger partial charge in [0, 0.05) is 25.4 Å². The maximum atomic E-state index is 13.3. The number of nitrogens with two attached hydrogens (primary N) is 1. The number of amides is 4. The molecule has 0 spiro atoms. The normalized spacial score (nSPS) is 14.6. The van der Waals surface area contributed by atoms with E-state index in [1.807, 2.05) is 13.8 Å². The Morgan fingerprint density at radius 3 is 2.06 bits per heavy atom. The lowest BCUT2D eigenvalue weighted by Crippen LogP contribution is -2.67. The smallest absolute Gasteiger partial charge is 0.257 e. The molecule has 0 bridgehead atoms. The van der Waals surface area contributed by atoms with E-state index in [4.69, 9.17) is 5.73 Å². The zero-order valence-corrected chi connectivity index (χ0v) is 21.8. The first-order valence-corrected chi connectivity index (χ1v) is 11.5. The topological polar surface area (TPSA) is 125 Å². The molecule has 0 aliphatic rings. The molecule has 0 unspecified atom stereocenters. The SMILES string of the molecule is CNC(=O)[C@@](S)(N(C(=O)CCCCNC(=O)CN(C)C)C(=O)[C@@H](N)CC(C)C)C(C)(C)C. The van der Waals surface area contributed by atoms with Crippen molar-refractivity contribution in [2.45, 2.75) is 71.2 Å². The summed E-state index contributed by atoms with van der Waals surface area (Å²) in [5.41, 5.74) is 5.27. The molecule has 0 saturated heterocycles. The number of thiol groups is 1. The van der Waals surface area contributed by atoms with E-state index in [0.29, 0.717) is 25.8 Å². The molecule has 0 aromatic heterocycles. The number of carbonyl (C=O) groups is 4. The minimum atomic E-state index is -1.72.